The molecule has 0 bridgehead atoms. The highest BCUT2D eigenvalue weighted by Crippen LogP contribution is 2.30. The predicted molar refractivity (Wildman–Crippen MR) is 84.3 cm³/mol. The largest absolute Gasteiger partial charge is 0.389 e. The van der Waals surface area contributed by atoms with E-state index in [1.807, 2.05) is 0 Å². The first kappa shape index (κ1) is 15.5. The Labute approximate surface area is 123 Å². The average molecular weight is 276 g/mol. The van der Waals surface area contributed by atoms with Gasteiger partial charge in [-0.3, -0.25) is 0 Å². The Morgan fingerprint density at radius 1 is 1.15 bits per heavy atom. The number of likely N-dealkylation sites (tertiary alicyclic amines) is 1. The molecule has 0 aromatic heterocycles. The third kappa shape index (κ3) is 2.91. The van der Waals surface area contributed by atoms with Crippen LogP contribution in [0.3, 0.4) is 0 Å². The zero-order valence-electron chi connectivity index (χ0n) is 13.9. The van der Waals surface area contributed by atoms with Crippen LogP contribution in [0.4, 0.5) is 0 Å². The molecule has 4 atom stereocenters. The summed E-state index contributed by atoms with van der Waals surface area (Å²) in [6.45, 7) is 12.0. The number of aliphatic hydroxyl groups is 1. The van der Waals surface area contributed by atoms with Gasteiger partial charge in [-0.1, -0.05) is 19.1 Å². The Kier molecular flexibility index (Phi) is 4.27. The number of benzene rings is 1. The van der Waals surface area contributed by atoms with E-state index in [-0.39, 0.29) is 0 Å². The Morgan fingerprint density at radius 2 is 1.75 bits per heavy atom. The maximum absolute atomic E-state index is 11.2. The number of quaternary nitrogens is 1. The van der Waals surface area contributed by atoms with Gasteiger partial charge >= 0.3 is 0 Å². The van der Waals surface area contributed by atoms with Gasteiger partial charge in [-0.25, -0.2) is 0 Å². The molecule has 2 rings (SSSR count). The molecule has 2 heteroatoms. The van der Waals surface area contributed by atoms with E-state index in [1.165, 1.54) is 22.3 Å². The fraction of sp³-hybridized carbons (Fsp3) is 0.667. The maximum atomic E-state index is 11.2. The zero-order valence-corrected chi connectivity index (χ0v) is 13.9. The maximum Gasteiger partial charge on any atom is 0.0872 e. The highest BCUT2D eigenvalue weighted by molar-refractivity contribution is 5.37. The van der Waals surface area contributed by atoms with Crippen molar-refractivity contribution in [2.75, 3.05) is 13.6 Å². The first-order valence-electron chi connectivity index (χ1n) is 7.84. The van der Waals surface area contributed by atoms with Crippen LogP contribution in [-0.2, 0) is 6.42 Å². The molecule has 1 heterocycles. The number of aryl methyl sites for hydroxylation is 3. The van der Waals surface area contributed by atoms with Crippen LogP contribution in [0.1, 0.15) is 42.5 Å². The Hall–Kier alpha value is -0.860. The highest BCUT2D eigenvalue weighted by atomic mass is 16.3. The van der Waals surface area contributed by atoms with Gasteiger partial charge in [0.2, 0.25) is 0 Å². The summed E-state index contributed by atoms with van der Waals surface area (Å²) in [5.41, 5.74) is 4.74. The second-order valence-electron chi connectivity index (χ2n) is 7.20. The van der Waals surface area contributed by atoms with Crippen molar-refractivity contribution in [1.82, 2.24) is 0 Å². The second kappa shape index (κ2) is 5.50. The van der Waals surface area contributed by atoms with Gasteiger partial charge in [0.1, 0.15) is 0 Å². The summed E-state index contributed by atoms with van der Waals surface area (Å²) in [6, 6.07) is 5.05. The lowest BCUT2D eigenvalue weighted by atomic mass is 9.74. The molecule has 0 saturated carbocycles. The molecule has 0 amide bonds. The molecular formula is C18H30NO+. The molecule has 2 N–H and O–H groups in total. The van der Waals surface area contributed by atoms with Crippen LogP contribution < -0.4 is 4.90 Å². The summed E-state index contributed by atoms with van der Waals surface area (Å²) >= 11 is 0. The van der Waals surface area contributed by atoms with E-state index in [9.17, 15) is 5.11 Å². The van der Waals surface area contributed by atoms with Crippen molar-refractivity contribution in [3.05, 3.63) is 34.4 Å². The molecular weight excluding hydrogens is 246 g/mol. The summed E-state index contributed by atoms with van der Waals surface area (Å²) in [5, 5.41) is 11.2. The standard InChI is InChI=1S/C18H29NO/c1-12-7-14(3)17(8-13(12)2)10-18(20)9-16(5)19(6)11-15(18)4/h7-8,15-16,20H,9-11H2,1-6H3/p+1/t15-,16+,18-/m0/s1. The molecule has 1 fully saturated rings. The molecule has 1 aliphatic rings. The molecule has 0 spiro atoms. The minimum atomic E-state index is -0.550. The third-order valence-electron chi connectivity index (χ3n) is 5.50. The summed E-state index contributed by atoms with van der Waals surface area (Å²) in [6.07, 6.45) is 1.69. The summed E-state index contributed by atoms with van der Waals surface area (Å²) in [5.74, 6) is 0.347. The smallest absolute Gasteiger partial charge is 0.0872 e. The van der Waals surface area contributed by atoms with Gasteiger partial charge in [-0.15, -0.1) is 0 Å². The van der Waals surface area contributed by atoms with Crippen LogP contribution >= 0.6 is 0 Å². The number of piperidine rings is 1. The lowest BCUT2D eigenvalue weighted by Crippen LogP contribution is -3.15. The van der Waals surface area contributed by atoms with Gasteiger partial charge in [-0.2, -0.15) is 0 Å². The van der Waals surface area contributed by atoms with Crippen LogP contribution in [0.5, 0.6) is 0 Å². The van der Waals surface area contributed by atoms with Gasteiger partial charge in [0.25, 0.3) is 0 Å². The minimum Gasteiger partial charge on any atom is -0.389 e. The van der Waals surface area contributed by atoms with Crippen molar-refractivity contribution in [3.8, 4) is 0 Å². The molecule has 1 aromatic rings. The van der Waals surface area contributed by atoms with Gasteiger partial charge in [0.05, 0.1) is 25.2 Å². The fourth-order valence-corrected chi connectivity index (χ4v) is 3.57. The molecule has 1 saturated heterocycles. The van der Waals surface area contributed by atoms with E-state index < -0.39 is 5.60 Å². The number of hydrogen-bond acceptors (Lipinski definition) is 1. The normalized spacial score (nSPS) is 34.2. The molecule has 112 valence electrons. The third-order valence-corrected chi connectivity index (χ3v) is 5.50. The second-order valence-corrected chi connectivity index (χ2v) is 7.20. The molecule has 0 radical (unpaired) electrons. The fourth-order valence-electron chi connectivity index (χ4n) is 3.57. The van der Waals surface area contributed by atoms with Crippen molar-refractivity contribution < 1.29 is 10.0 Å². The monoisotopic (exact) mass is 276 g/mol. The Morgan fingerprint density at radius 3 is 2.40 bits per heavy atom. The van der Waals surface area contributed by atoms with Crippen molar-refractivity contribution in [2.24, 2.45) is 5.92 Å². The lowest BCUT2D eigenvalue weighted by molar-refractivity contribution is -0.916. The first-order chi connectivity index (χ1) is 9.23. The van der Waals surface area contributed by atoms with Crippen molar-refractivity contribution >= 4 is 0 Å². The van der Waals surface area contributed by atoms with Crippen LogP contribution in [-0.4, -0.2) is 30.3 Å². The van der Waals surface area contributed by atoms with Crippen molar-refractivity contribution in [1.29, 1.82) is 0 Å². The van der Waals surface area contributed by atoms with E-state index in [4.69, 9.17) is 0 Å². The van der Waals surface area contributed by atoms with Gasteiger partial charge in [0, 0.05) is 18.8 Å². The topological polar surface area (TPSA) is 24.7 Å². The number of nitrogens with one attached hydrogen (secondary N) is 1. The van der Waals surface area contributed by atoms with E-state index >= 15 is 0 Å². The molecule has 1 aromatic carbocycles. The van der Waals surface area contributed by atoms with Crippen LogP contribution in [0, 0.1) is 26.7 Å². The Balaban J connectivity index is 2.26. The SMILES string of the molecule is Cc1cc(C)c(C[C@@]2(O)C[C@@H](C)[NH+](C)C[C@@H]2C)cc1C. The van der Waals surface area contributed by atoms with Crippen LogP contribution in [0.15, 0.2) is 12.1 Å². The van der Waals surface area contributed by atoms with Crippen molar-refractivity contribution in [2.45, 2.75) is 59.1 Å². The Bertz CT molecular complexity index is 496. The zero-order chi connectivity index (χ0) is 15.1. The highest BCUT2D eigenvalue weighted by Gasteiger charge is 2.43. The first-order valence-corrected chi connectivity index (χ1v) is 7.84. The van der Waals surface area contributed by atoms with Gasteiger partial charge in [-0.05, 0) is 49.9 Å². The number of rotatable bonds is 2. The van der Waals surface area contributed by atoms with Crippen LogP contribution in [0.25, 0.3) is 0 Å². The van der Waals surface area contributed by atoms with Crippen LogP contribution in [0.2, 0.25) is 0 Å². The molecule has 2 nitrogen and oxygen atoms in total. The van der Waals surface area contributed by atoms with Gasteiger partial charge in [0.15, 0.2) is 0 Å². The quantitative estimate of drug-likeness (QED) is 0.846. The van der Waals surface area contributed by atoms with Gasteiger partial charge < -0.3 is 10.0 Å². The summed E-state index contributed by atoms with van der Waals surface area (Å²) < 4.78 is 0. The predicted octanol–water partition coefficient (Wildman–Crippen LogP) is 1.83. The number of hydrogen-bond donors (Lipinski definition) is 2. The molecule has 0 aliphatic carbocycles. The summed E-state index contributed by atoms with van der Waals surface area (Å²) in [7, 11) is 2.24. The van der Waals surface area contributed by atoms with E-state index in [1.54, 1.807) is 4.90 Å². The molecule has 1 unspecified atom stereocenters. The minimum absolute atomic E-state index is 0.347. The average Bonchev–Trinajstić information content (AvgIpc) is 2.34. The van der Waals surface area contributed by atoms with E-state index in [0.29, 0.717) is 12.0 Å². The van der Waals surface area contributed by atoms with E-state index in [2.05, 4.69) is 53.8 Å². The van der Waals surface area contributed by atoms with E-state index in [0.717, 1.165) is 19.4 Å². The molecule has 20 heavy (non-hydrogen) atoms. The van der Waals surface area contributed by atoms with Crippen molar-refractivity contribution in [3.63, 3.8) is 0 Å². The molecule has 1 aliphatic heterocycles. The lowest BCUT2D eigenvalue weighted by Gasteiger charge is -2.43. The summed E-state index contributed by atoms with van der Waals surface area (Å²) in [4.78, 5) is 1.54.